The monoisotopic (exact) mass is 212 g/mol. The van der Waals surface area contributed by atoms with E-state index in [1.165, 1.54) is 25.8 Å². The second kappa shape index (κ2) is 4.81. The van der Waals surface area contributed by atoms with Crippen LogP contribution >= 0.6 is 0 Å². The second-order valence-electron chi connectivity index (χ2n) is 5.24. The van der Waals surface area contributed by atoms with Crippen LogP contribution < -0.4 is 5.73 Å². The third kappa shape index (κ3) is 2.52. The van der Waals surface area contributed by atoms with Gasteiger partial charge in [0.15, 0.2) is 0 Å². The molecule has 0 aromatic carbocycles. The SMILES string of the molecule is COCC(C1CC1)N1CC(CN)CC1C. The number of ether oxygens (including phenoxy) is 1. The third-order valence-corrected chi connectivity index (χ3v) is 3.97. The Morgan fingerprint density at radius 2 is 2.20 bits per heavy atom. The van der Waals surface area contributed by atoms with E-state index in [2.05, 4.69) is 11.8 Å². The van der Waals surface area contributed by atoms with E-state index >= 15 is 0 Å². The van der Waals surface area contributed by atoms with Gasteiger partial charge in [0.1, 0.15) is 0 Å². The molecule has 1 saturated heterocycles. The van der Waals surface area contributed by atoms with Crippen molar-refractivity contribution < 1.29 is 4.74 Å². The van der Waals surface area contributed by atoms with Crippen LogP contribution in [-0.4, -0.2) is 43.8 Å². The lowest BCUT2D eigenvalue weighted by Crippen LogP contribution is -2.42. The highest BCUT2D eigenvalue weighted by Crippen LogP contribution is 2.38. The predicted octanol–water partition coefficient (Wildman–Crippen LogP) is 1.08. The Balaban J connectivity index is 1.94. The van der Waals surface area contributed by atoms with E-state index < -0.39 is 0 Å². The number of rotatable bonds is 5. The van der Waals surface area contributed by atoms with Crippen LogP contribution in [0.25, 0.3) is 0 Å². The van der Waals surface area contributed by atoms with Crippen molar-refractivity contribution in [2.45, 2.75) is 38.3 Å². The maximum atomic E-state index is 5.77. The number of methoxy groups -OCH3 is 1. The highest BCUT2D eigenvalue weighted by molar-refractivity contribution is 4.94. The van der Waals surface area contributed by atoms with E-state index in [-0.39, 0.29) is 0 Å². The highest BCUT2D eigenvalue weighted by Gasteiger charge is 2.40. The van der Waals surface area contributed by atoms with Crippen molar-refractivity contribution in [3.63, 3.8) is 0 Å². The molecular weight excluding hydrogens is 188 g/mol. The molecule has 2 rings (SSSR count). The predicted molar refractivity (Wildman–Crippen MR) is 61.7 cm³/mol. The van der Waals surface area contributed by atoms with E-state index in [9.17, 15) is 0 Å². The summed E-state index contributed by atoms with van der Waals surface area (Å²) in [6, 6.07) is 1.35. The topological polar surface area (TPSA) is 38.5 Å². The zero-order valence-electron chi connectivity index (χ0n) is 9.98. The Morgan fingerprint density at radius 1 is 1.47 bits per heavy atom. The van der Waals surface area contributed by atoms with Crippen molar-refractivity contribution >= 4 is 0 Å². The minimum atomic E-state index is 0.654. The van der Waals surface area contributed by atoms with Crippen molar-refractivity contribution in [2.75, 3.05) is 26.8 Å². The lowest BCUT2D eigenvalue weighted by molar-refractivity contribution is 0.0722. The number of likely N-dealkylation sites (tertiary alicyclic amines) is 1. The zero-order chi connectivity index (χ0) is 10.8. The Morgan fingerprint density at radius 3 is 2.67 bits per heavy atom. The molecule has 88 valence electrons. The van der Waals surface area contributed by atoms with Gasteiger partial charge in [0, 0.05) is 25.7 Å². The minimum Gasteiger partial charge on any atom is -0.383 e. The van der Waals surface area contributed by atoms with Crippen LogP contribution in [0.4, 0.5) is 0 Å². The molecular formula is C12H24N2O. The van der Waals surface area contributed by atoms with Gasteiger partial charge in [-0.25, -0.2) is 0 Å². The van der Waals surface area contributed by atoms with Gasteiger partial charge in [-0.05, 0) is 44.6 Å². The quantitative estimate of drug-likeness (QED) is 0.741. The molecule has 2 fully saturated rings. The van der Waals surface area contributed by atoms with Crippen LogP contribution in [0.5, 0.6) is 0 Å². The molecule has 0 radical (unpaired) electrons. The lowest BCUT2D eigenvalue weighted by Gasteiger charge is -2.31. The standard InChI is InChI=1S/C12H24N2O/c1-9-5-10(6-13)7-14(9)12(8-15-2)11-3-4-11/h9-12H,3-8,13H2,1-2H3. The van der Waals surface area contributed by atoms with Crippen LogP contribution in [0, 0.1) is 11.8 Å². The van der Waals surface area contributed by atoms with Gasteiger partial charge >= 0.3 is 0 Å². The lowest BCUT2D eigenvalue weighted by atomic mass is 10.1. The Kier molecular flexibility index (Phi) is 3.65. The van der Waals surface area contributed by atoms with Crippen LogP contribution in [-0.2, 0) is 4.74 Å². The van der Waals surface area contributed by atoms with Crippen molar-refractivity contribution in [3.05, 3.63) is 0 Å². The molecule has 1 heterocycles. The summed E-state index contributed by atoms with van der Waals surface area (Å²) in [5.74, 6) is 1.60. The van der Waals surface area contributed by atoms with Crippen molar-refractivity contribution in [2.24, 2.45) is 17.6 Å². The fourth-order valence-electron chi connectivity index (χ4n) is 2.96. The summed E-state index contributed by atoms with van der Waals surface area (Å²) in [5.41, 5.74) is 5.77. The van der Waals surface area contributed by atoms with Gasteiger partial charge in [-0.1, -0.05) is 0 Å². The molecule has 3 heteroatoms. The fourth-order valence-corrected chi connectivity index (χ4v) is 2.96. The van der Waals surface area contributed by atoms with E-state index in [1.807, 2.05) is 7.11 Å². The molecule has 1 saturated carbocycles. The van der Waals surface area contributed by atoms with Gasteiger partial charge in [0.25, 0.3) is 0 Å². The summed E-state index contributed by atoms with van der Waals surface area (Å²) in [5, 5.41) is 0. The van der Waals surface area contributed by atoms with Gasteiger partial charge in [0.2, 0.25) is 0 Å². The first-order valence-electron chi connectivity index (χ1n) is 6.21. The largest absolute Gasteiger partial charge is 0.383 e. The van der Waals surface area contributed by atoms with Gasteiger partial charge in [0.05, 0.1) is 6.61 Å². The van der Waals surface area contributed by atoms with Gasteiger partial charge in [-0.3, -0.25) is 4.90 Å². The summed E-state index contributed by atoms with van der Waals surface area (Å²) in [6.07, 6.45) is 4.05. The molecule has 2 N–H and O–H groups in total. The van der Waals surface area contributed by atoms with Crippen LogP contribution in [0.2, 0.25) is 0 Å². The molecule has 1 aliphatic carbocycles. The molecule has 3 unspecified atom stereocenters. The normalized spacial score (nSPS) is 34.6. The molecule has 0 aromatic rings. The molecule has 2 aliphatic rings. The maximum Gasteiger partial charge on any atom is 0.0620 e. The summed E-state index contributed by atoms with van der Waals surface area (Å²) in [6.45, 7) is 5.25. The average Bonchev–Trinajstić information content (AvgIpc) is 2.99. The van der Waals surface area contributed by atoms with E-state index in [4.69, 9.17) is 10.5 Å². The maximum absolute atomic E-state index is 5.77. The smallest absolute Gasteiger partial charge is 0.0620 e. The van der Waals surface area contributed by atoms with Crippen molar-refractivity contribution in [1.29, 1.82) is 0 Å². The summed E-state index contributed by atoms with van der Waals surface area (Å²) >= 11 is 0. The summed E-state index contributed by atoms with van der Waals surface area (Å²) in [7, 11) is 1.82. The molecule has 0 bridgehead atoms. The number of nitrogens with two attached hydrogens (primary N) is 1. The highest BCUT2D eigenvalue weighted by atomic mass is 16.5. The molecule has 15 heavy (non-hydrogen) atoms. The first kappa shape index (κ1) is 11.4. The van der Waals surface area contributed by atoms with Crippen LogP contribution in [0.1, 0.15) is 26.2 Å². The summed E-state index contributed by atoms with van der Waals surface area (Å²) in [4.78, 5) is 2.64. The van der Waals surface area contributed by atoms with E-state index in [0.717, 1.165) is 19.1 Å². The minimum absolute atomic E-state index is 0.654. The molecule has 3 atom stereocenters. The molecule has 0 amide bonds. The number of nitrogens with zero attached hydrogens (tertiary/aromatic N) is 1. The Labute approximate surface area is 93.0 Å². The molecule has 0 aromatic heterocycles. The number of hydrogen-bond acceptors (Lipinski definition) is 3. The van der Waals surface area contributed by atoms with Gasteiger partial charge < -0.3 is 10.5 Å². The van der Waals surface area contributed by atoms with E-state index in [1.54, 1.807) is 0 Å². The average molecular weight is 212 g/mol. The van der Waals surface area contributed by atoms with Crippen LogP contribution in [0.3, 0.4) is 0 Å². The zero-order valence-corrected chi connectivity index (χ0v) is 9.98. The van der Waals surface area contributed by atoms with Gasteiger partial charge in [-0.15, -0.1) is 0 Å². The molecule has 3 nitrogen and oxygen atoms in total. The first-order valence-corrected chi connectivity index (χ1v) is 6.21. The van der Waals surface area contributed by atoms with Crippen LogP contribution in [0.15, 0.2) is 0 Å². The fraction of sp³-hybridized carbons (Fsp3) is 1.00. The second-order valence-corrected chi connectivity index (χ2v) is 5.24. The Bertz CT molecular complexity index is 206. The van der Waals surface area contributed by atoms with Crippen molar-refractivity contribution in [3.8, 4) is 0 Å². The van der Waals surface area contributed by atoms with Gasteiger partial charge in [-0.2, -0.15) is 0 Å². The summed E-state index contributed by atoms with van der Waals surface area (Å²) < 4.78 is 5.36. The molecule has 1 aliphatic heterocycles. The molecule has 0 spiro atoms. The van der Waals surface area contributed by atoms with E-state index in [0.29, 0.717) is 18.0 Å². The third-order valence-electron chi connectivity index (χ3n) is 3.97. The van der Waals surface area contributed by atoms with Crippen molar-refractivity contribution in [1.82, 2.24) is 4.90 Å². The number of hydrogen-bond donors (Lipinski definition) is 1. The Hall–Kier alpha value is -0.120. The first-order chi connectivity index (χ1) is 7.26.